The van der Waals surface area contributed by atoms with Gasteiger partial charge >= 0.3 is 0 Å². The molecule has 10 nitrogen and oxygen atoms in total. The van der Waals surface area contributed by atoms with Crippen molar-refractivity contribution >= 4 is 56.4 Å². The molecular weight excluding hydrogens is 784 g/mol. The maximum absolute atomic E-state index is 11.7. The molecule has 0 saturated carbocycles. The van der Waals surface area contributed by atoms with Crippen LogP contribution in [0.2, 0.25) is 10.0 Å². The third-order valence-electron chi connectivity index (χ3n) is 9.02. The second-order valence-corrected chi connectivity index (χ2v) is 17.5. The highest BCUT2D eigenvalue weighted by Gasteiger charge is 2.23. The maximum atomic E-state index is 11.7. The van der Waals surface area contributed by atoms with E-state index in [0.717, 1.165) is 70.6 Å². The summed E-state index contributed by atoms with van der Waals surface area (Å²) in [5.41, 5.74) is 3.05. The highest BCUT2D eigenvalue weighted by Crippen LogP contribution is 2.21. The highest BCUT2D eigenvalue weighted by atomic mass is 35.5. The number of imidazole rings is 2. The third kappa shape index (κ3) is 10.1. The van der Waals surface area contributed by atoms with Crippen molar-refractivity contribution in [3.8, 4) is 35.3 Å². The van der Waals surface area contributed by atoms with Crippen LogP contribution in [0, 0.1) is 37.5 Å². The second kappa shape index (κ2) is 17.7. The number of aromatic nitrogens is 6. The molecule has 284 valence electrons. The number of aryl methyl sites for hydroxylation is 2. The quantitative estimate of drug-likeness (QED) is 0.173. The van der Waals surface area contributed by atoms with Crippen molar-refractivity contribution in [1.29, 1.82) is 0 Å². The van der Waals surface area contributed by atoms with E-state index in [4.69, 9.17) is 33.2 Å². The summed E-state index contributed by atoms with van der Waals surface area (Å²) in [5.74, 6) is 20.0. The summed E-state index contributed by atoms with van der Waals surface area (Å²) in [6.45, 7) is 6.86. The van der Waals surface area contributed by atoms with Gasteiger partial charge < -0.3 is 9.80 Å². The van der Waals surface area contributed by atoms with E-state index in [1.165, 1.54) is 0 Å². The van der Waals surface area contributed by atoms with Gasteiger partial charge in [0.15, 0.2) is 9.84 Å². The molecule has 6 heterocycles. The summed E-state index contributed by atoms with van der Waals surface area (Å²) in [6.07, 6.45) is 3.78. The Morgan fingerprint density at radius 1 is 0.571 bits per heavy atom. The first-order valence-electron chi connectivity index (χ1n) is 18.0. The van der Waals surface area contributed by atoms with Gasteiger partial charge in [-0.1, -0.05) is 59.3 Å². The summed E-state index contributed by atoms with van der Waals surface area (Å²) < 4.78 is 27.2. The van der Waals surface area contributed by atoms with Crippen LogP contribution in [0.1, 0.15) is 34.2 Å². The fourth-order valence-electron chi connectivity index (χ4n) is 6.11. The molecule has 56 heavy (non-hydrogen) atoms. The molecule has 0 aliphatic carbocycles. The molecule has 0 radical (unpaired) electrons. The Morgan fingerprint density at radius 2 is 1.00 bits per heavy atom. The summed E-state index contributed by atoms with van der Waals surface area (Å²) in [5, 5.41) is 1.32. The van der Waals surface area contributed by atoms with Crippen LogP contribution in [0.25, 0.3) is 11.6 Å². The van der Waals surface area contributed by atoms with Gasteiger partial charge in [0.2, 0.25) is 0 Å². The van der Waals surface area contributed by atoms with Gasteiger partial charge in [0, 0.05) is 71.3 Å². The van der Waals surface area contributed by atoms with E-state index in [0.29, 0.717) is 34.5 Å². The van der Waals surface area contributed by atoms with Crippen LogP contribution >= 0.6 is 35.0 Å². The average Bonchev–Trinajstić information content (AvgIpc) is 3.78. The fraction of sp³-hybridized carbons (Fsp3) is 0.238. The number of hydrogen-bond acceptors (Lipinski definition) is 9. The zero-order chi connectivity index (χ0) is 39.1. The van der Waals surface area contributed by atoms with Crippen molar-refractivity contribution in [1.82, 2.24) is 29.1 Å². The van der Waals surface area contributed by atoms with E-state index in [-0.39, 0.29) is 11.5 Å². The number of hydrogen-bond donors (Lipinski definition) is 0. The predicted octanol–water partition coefficient (Wildman–Crippen LogP) is 7.05. The van der Waals surface area contributed by atoms with E-state index in [9.17, 15) is 8.42 Å². The zero-order valence-corrected chi connectivity index (χ0v) is 34.0. The van der Waals surface area contributed by atoms with Gasteiger partial charge in [-0.3, -0.25) is 9.13 Å². The van der Waals surface area contributed by atoms with Crippen LogP contribution in [0.5, 0.6) is 0 Å². The number of rotatable bonds is 4. The molecule has 2 aliphatic heterocycles. The Morgan fingerprint density at radius 3 is 1.46 bits per heavy atom. The van der Waals surface area contributed by atoms with E-state index in [2.05, 4.69) is 50.7 Å². The Hall–Kier alpha value is -5.24. The topological polar surface area (TPSA) is 102 Å². The second-order valence-electron chi connectivity index (χ2n) is 13.1. The SMILES string of the molecule is Cc1nc(C#Cc2cccc(Cl)c2)cn1-c1cccc(N2CCS(=O)(=O)CC2)n1.Cc1nc(C#Cc2cccc(Cl)c2)cn1-c1cccc(N2CCSCC2)n1. The van der Waals surface area contributed by atoms with E-state index in [1.54, 1.807) is 0 Å². The summed E-state index contributed by atoms with van der Waals surface area (Å²) in [6, 6.07) is 26.7. The van der Waals surface area contributed by atoms with E-state index < -0.39 is 9.84 Å². The zero-order valence-electron chi connectivity index (χ0n) is 30.9. The van der Waals surface area contributed by atoms with Crippen molar-refractivity contribution in [3.05, 3.63) is 142 Å². The van der Waals surface area contributed by atoms with Crippen molar-refractivity contribution in [2.24, 2.45) is 0 Å². The molecular formula is C42H38Cl2N8O2S2. The summed E-state index contributed by atoms with van der Waals surface area (Å²) in [7, 11) is -2.93. The van der Waals surface area contributed by atoms with Crippen LogP contribution < -0.4 is 9.80 Å². The van der Waals surface area contributed by atoms with Crippen LogP contribution in [0.4, 0.5) is 11.6 Å². The lowest BCUT2D eigenvalue weighted by atomic mass is 10.2. The number of nitrogens with zero attached hydrogens (tertiary/aromatic N) is 8. The first-order chi connectivity index (χ1) is 27.1. The number of anilines is 2. The lowest BCUT2D eigenvalue weighted by molar-refractivity contribution is 0.586. The van der Waals surface area contributed by atoms with Gasteiger partial charge in [-0.05, 0) is 86.4 Å². The highest BCUT2D eigenvalue weighted by molar-refractivity contribution is 7.99. The van der Waals surface area contributed by atoms with E-state index in [1.807, 2.05) is 125 Å². The number of benzene rings is 2. The van der Waals surface area contributed by atoms with Crippen LogP contribution in [-0.4, -0.2) is 86.7 Å². The minimum Gasteiger partial charge on any atom is -0.355 e. The molecule has 2 aromatic carbocycles. The molecule has 2 fully saturated rings. The molecule has 0 amide bonds. The van der Waals surface area contributed by atoms with Crippen molar-refractivity contribution in [3.63, 3.8) is 0 Å². The average molecular weight is 822 g/mol. The summed E-state index contributed by atoms with van der Waals surface area (Å²) in [4.78, 5) is 23.0. The molecule has 0 spiro atoms. The number of thioether (sulfide) groups is 1. The molecule has 6 aromatic rings. The smallest absolute Gasteiger partial charge is 0.153 e. The molecule has 0 atom stereocenters. The van der Waals surface area contributed by atoms with Gasteiger partial charge in [-0.15, -0.1) is 0 Å². The Kier molecular flexibility index (Phi) is 12.3. The largest absolute Gasteiger partial charge is 0.355 e. The Balaban J connectivity index is 0.000000172. The molecule has 2 aliphatic rings. The molecule has 8 rings (SSSR count). The monoisotopic (exact) mass is 820 g/mol. The lowest BCUT2D eigenvalue weighted by Gasteiger charge is -2.27. The van der Waals surface area contributed by atoms with Crippen LogP contribution in [0.3, 0.4) is 0 Å². The molecule has 2 saturated heterocycles. The number of sulfone groups is 1. The molecule has 0 N–H and O–H groups in total. The van der Waals surface area contributed by atoms with Crippen molar-refractivity contribution < 1.29 is 8.42 Å². The normalized spacial score (nSPS) is 14.8. The number of halogens is 2. The van der Waals surface area contributed by atoms with Crippen LogP contribution in [0.15, 0.2) is 97.3 Å². The molecule has 4 aromatic heterocycles. The fourth-order valence-corrected chi connectivity index (χ4v) is 8.60. The number of pyridine rings is 2. The van der Waals surface area contributed by atoms with Gasteiger partial charge in [0.25, 0.3) is 0 Å². The predicted molar refractivity (Wildman–Crippen MR) is 227 cm³/mol. The molecule has 0 bridgehead atoms. The molecule has 14 heteroatoms. The first-order valence-corrected chi connectivity index (χ1v) is 21.7. The van der Waals surface area contributed by atoms with Gasteiger partial charge in [-0.2, -0.15) is 11.8 Å². The lowest BCUT2D eigenvalue weighted by Crippen LogP contribution is -2.40. The Labute approximate surface area is 341 Å². The van der Waals surface area contributed by atoms with Gasteiger partial charge in [0.1, 0.15) is 46.3 Å². The standard InChI is InChI=1S/C21H19ClN4O2S.C21H19ClN4S/c1-16-23-19(9-8-17-4-2-5-18(22)14-17)15-26(16)21-7-3-6-20(24-21)25-10-12-29(27,28)13-11-25;1-16-23-19(9-8-17-4-2-5-18(22)14-17)15-26(16)21-7-3-6-20(24-21)25-10-12-27-13-11-25/h2-7,14-15H,10-13H2,1H3;2-7,14-15H,10-13H2,1H3. The minimum absolute atomic E-state index is 0.159. The van der Waals surface area contributed by atoms with Crippen LogP contribution in [-0.2, 0) is 9.84 Å². The Bertz CT molecular complexity index is 2580. The van der Waals surface area contributed by atoms with Crippen molar-refractivity contribution in [2.45, 2.75) is 13.8 Å². The maximum Gasteiger partial charge on any atom is 0.153 e. The third-order valence-corrected chi connectivity index (χ3v) is 12.0. The molecule has 0 unspecified atom stereocenters. The first kappa shape index (κ1) is 39.0. The summed E-state index contributed by atoms with van der Waals surface area (Å²) >= 11 is 14.0. The van der Waals surface area contributed by atoms with E-state index >= 15 is 0 Å². The van der Waals surface area contributed by atoms with Crippen molar-refractivity contribution in [2.75, 3.05) is 59.0 Å². The minimum atomic E-state index is -2.93. The van der Waals surface area contributed by atoms with Gasteiger partial charge in [-0.25, -0.2) is 28.4 Å². The van der Waals surface area contributed by atoms with Gasteiger partial charge in [0.05, 0.1) is 11.5 Å².